The number of aromatic amines is 1. The van der Waals surface area contributed by atoms with E-state index < -0.39 is 34.2 Å². The average Bonchev–Trinajstić information content (AvgIpc) is 3.78. The van der Waals surface area contributed by atoms with Crippen LogP contribution >= 0.6 is 0 Å². The molecule has 0 radical (unpaired) electrons. The first-order valence-corrected chi connectivity index (χ1v) is 18.9. The molecule has 1 aliphatic heterocycles. The summed E-state index contributed by atoms with van der Waals surface area (Å²) >= 11 is -1.26. The Kier molecular flexibility index (Phi) is 11.2. The number of halogens is 2. The highest BCUT2D eigenvalue weighted by Crippen LogP contribution is 2.40. The topological polar surface area (TPSA) is 119 Å². The van der Waals surface area contributed by atoms with Crippen molar-refractivity contribution in [3.8, 4) is 11.5 Å². The van der Waals surface area contributed by atoms with Crippen molar-refractivity contribution in [1.82, 2.24) is 19.7 Å². The number of fused-ring (bicyclic) bond motifs is 6. The van der Waals surface area contributed by atoms with Gasteiger partial charge in [0.1, 0.15) is 28.9 Å². The minimum absolute atomic E-state index is 0.0116. The summed E-state index contributed by atoms with van der Waals surface area (Å²) in [5, 5.41) is 14.6. The van der Waals surface area contributed by atoms with Gasteiger partial charge >= 0.3 is 5.97 Å². The number of hydrogen-bond acceptors (Lipinski definition) is 6. The SMILES string of the molecule is CC/C=C1/N=C(\N(C)C)c2cc(ccc2F)Oc2c(F)cc3[nH]ccc3c2Cc2ccnn2CC[S+]([O-])CCC1(C)c1cccc(CCC(=O)O)c1. The minimum atomic E-state index is -1.26. The second-order valence-corrected chi connectivity index (χ2v) is 15.1. The van der Waals surface area contributed by atoms with Crippen molar-refractivity contribution in [2.24, 2.45) is 4.99 Å². The van der Waals surface area contributed by atoms with Crippen molar-refractivity contribution in [2.45, 2.75) is 57.9 Å². The van der Waals surface area contributed by atoms with E-state index in [1.165, 1.54) is 24.3 Å². The predicted molar refractivity (Wildman–Crippen MR) is 201 cm³/mol. The van der Waals surface area contributed by atoms with E-state index in [-0.39, 0.29) is 29.9 Å². The molecule has 1 aliphatic rings. The Hall–Kier alpha value is -4.94. The lowest BCUT2D eigenvalue weighted by atomic mass is 9.76. The Morgan fingerprint density at radius 1 is 1.13 bits per heavy atom. The summed E-state index contributed by atoms with van der Waals surface area (Å²) in [6, 6.07) is 17.2. The summed E-state index contributed by atoms with van der Waals surface area (Å²) in [6.45, 7) is 4.43. The summed E-state index contributed by atoms with van der Waals surface area (Å²) in [6.07, 6.45) is 7.12. The van der Waals surface area contributed by atoms with E-state index in [2.05, 4.69) is 10.1 Å². The molecule has 272 valence electrons. The van der Waals surface area contributed by atoms with E-state index >= 15 is 8.78 Å². The number of rotatable bonds is 5. The van der Waals surface area contributed by atoms with Gasteiger partial charge in [0.25, 0.3) is 0 Å². The Balaban J connectivity index is 1.54. The van der Waals surface area contributed by atoms with Crippen LogP contribution in [0.3, 0.4) is 0 Å². The van der Waals surface area contributed by atoms with Crippen LogP contribution in [0.1, 0.15) is 61.1 Å². The van der Waals surface area contributed by atoms with Crippen LogP contribution in [0.15, 0.2) is 89.8 Å². The molecule has 2 aromatic heterocycles. The molecule has 5 aromatic rings. The van der Waals surface area contributed by atoms with Crippen molar-refractivity contribution in [1.29, 1.82) is 0 Å². The molecule has 0 aliphatic carbocycles. The van der Waals surface area contributed by atoms with Crippen LogP contribution in [0, 0.1) is 11.6 Å². The number of aromatic nitrogens is 3. The smallest absolute Gasteiger partial charge is 0.303 e. The monoisotopic (exact) mass is 727 g/mol. The van der Waals surface area contributed by atoms with Crippen molar-refractivity contribution in [2.75, 3.05) is 25.6 Å². The van der Waals surface area contributed by atoms with Gasteiger partial charge in [0.2, 0.25) is 0 Å². The molecule has 0 amide bonds. The summed E-state index contributed by atoms with van der Waals surface area (Å²) in [5.74, 6) is -0.729. The lowest BCUT2D eigenvalue weighted by molar-refractivity contribution is -0.136. The number of allylic oxidation sites excluding steroid dienone is 2. The standard InChI is InChI=1S/C40H43F2N5O4S/c1-5-7-36-40(2,27-9-6-8-26(22-27)10-13-37(48)49)16-20-52(50)21-19-47-28(14-18-44-47)23-31-30-15-17-43-35(30)25-34(42)38(31)51-29-11-12-33(41)32(24-29)39(45-36)46(3)4/h6-9,11-12,14-15,17-18,22,24-25,43H,5,10,13,16,19-21,23H2,1-4H3,(H,48,49)/b36-7+,45-39-. The van der Waals surface area contributed by atoms with E-state index in [4.69, 9.17) is 9.73 Å². The predicted octanol–water partition coefficient (Wildman–Crippen LogP) is 7.76. The normalized spacial score (nSPS) is 20.2. The molecular weight excluding hydrogens is 685 g/mol. The maximum atomic E-state index is 15.9. The van der Waals surface area contributed by atoms with Gasteiger partial charge in [0.05, 0.1) is 12.1 Å². The van der Waals surface area contributed by atoms with Gasteiger partial charge in [-0.25, -0.2) is 13.8 Å². The van der Waals surface area contributed by atoms with Crippen molar-refractivity contribution in [3.05, 3.63) is 124 Å². The first kappa shape index (κ1) is 36.8. The van der Waals surface area contributed by atoms with Crippen LogP contribution in [0.5, 0.6) is 11.5 Å². The zero-order valence-electron chi connectivity index (χ0n) is 29.8. The maximum absolute atomic E-state index is 15.9. The van der Waals surface area contributed by atoms with E-state index in [9.17, 15) is 14.5 Å². The largest absolute Gasteiger partial charge is 0.616 e. The van der Waals surface area contributed by atoms with E-state index in [0.717, 1.165) is 22.2 Å². The van der Waals surface area contributed by atoms with Gasteiger partial charge in [-0.05, 0) is 61.2 Å². The Morgan fingerprint density at radius 2 is 1.96 bits per heavy atom. The lowest BCUT2D eigenvalue weighted by Gasteiger charge is -2.33. The molecule has 2 atom stereocenters. The van der Waals surface area contributed by atoms with Crippen LogP contribution in [-0.4, -0.2) is 66.7 Å². The summed E-state index contributed by atoms with van der Waals surface area (Å²) in [7, 11) is 3.56. The highest BCUT2D eigenvalue weighted by molar-refractivity contribution is 7.91. The molecule has 52 heavy (non-hydrogen) atoms. The number of aliphatic imine (C=N–C) groups is 1. The van der Waals surface area contributed by atoms with Gasteiger partial charge in [-0.15, -0.1) is 0 Å². The third kappa shape index (κ3) is 7.93. The van der Waals surface area contributed by atoms with Gasteiger partial charge in [-0.2, -0.15) is 5.10 Å². The van der Waals surface area contributed by atoms with Crippen LogP contribution in [0.25, 0.3) is 10.9 Å². The number of H-pyrrole nitrogens is 1. The fourth-order valence-electron chi connectivity index (χ4n) is 6.71. The lowest BCUT2D eigenvalue weighted by Crippen LogP contribution is -2.31. The molecule has 2 unspecified atom stereocenters. The number of carboxylic acid groups (broad SMARTS) is 1. The fourth-order valence-corrected chi connectivity index (χ4v) is 7.93. The number of amidine groups is 1. The van der Waals surface area contributed by atoms with E-state index in [1.807, 2.05) is 56.3 Å². The molecule has 12 heteroatoms. The molecule has 0 spiro atoms. The number of hydrogen-bond donors (Lipinski definition) is 2. The number of carbonyl (C=O) groups is 1. The highest BCUT2D eigenvalue weighted by atomic mass is 32.2. The summed E-state index contributed by atoms with van der Waals surface area (Å²) in [4.78, 5) is 21.4. The quantitative estimate of drug-likeness (QED) is 0.179. The van der Waals surface area contributed by atoms with E-state index in [0.29, 0.717) is 59.9 Å². The number of nitrogens with zero attached hydrogens (tertiary/aromatic N) is 4. The van der Waals surface area contributed by atoms with Gasteiger partial charge < -0.3 is 24.3 Å². The molecule has 0 saturated carbocycles. The number of aryl methyl sites for hydroxylation is 2. The molecule has 2 N–H and O–H groups in total. The molecule has 0 fully saturated rings. The van der Waals surface area contributed by atoms with Crippen LogP contribution < -0.4 is 4.74 Å². The summed E-state index contributed by atoms with van der Waals surface area (Å²) in [5.41, 5.74) is 3.79. The average molecular weight is 728 g/mol. The first-order valence-electron chi connectivity index (χ1n) is 17.4. The third-order valence-corrected chi connectivity index (χ3v) is 10.9. The third-order valence-electron chi connectivity index (χ3n) is 9.59. The number of benzene rings is 3. The number of ether oxygens (including phenoxy) is 1. The molecular formula is C40H43F2N5O4S. The van der Waals surface area contributed by atoms with Gasteiger partial charge in [-0.1, -0.05) is 48.4 Å². The van der Waals surface area contributed by atoms with Gasteiger partial charge in [0, 0.05) is 85.1 Å². The first-order chi connectivity index (χ1) is 25.0. The van der Waals surface area contributed by atoms with Crippen molar-refractivity contribution < 1.29 is 28.0 Å². The molecule has 0 saturated heterocycles. The molecule has 9 nitrogen and oxygen atoms in total. The Labute approximate surface area is 305 Å². The maximum Gasteiger partial charge on any atom is 0.303 e. The van der Waals surface area contributed by atoms with Gasteiger partial charge in [0.15, 0.2) is 11.6 Å². The molecule has 6 rings (SSSR count). The number of nitrogens with one attached hydrogen (secondary N) is 1. The summed E-state index contributed by atoms with van der Waals surface area (Å²) < 4.78 is 53.7. The Bertz CT molecular complexity index is 2140. The van der Waals surface area contributed by atoms with Crippen molar-refractivity contribution >= 4 is 33.9 Å². The van der Waals surface area contributed by atoms with Crippen LogP contribution in [-0.2, 0) is 40.8 Å². The highest BCUT2D eigenvalue weighted by Gasteiger charge is 2.34. The fraction of sp³-hybridized carbons (Fsp3) is 0.325. The van der Waals surface area contributed by atoms with Crippen molar-refractivity contribution in [3.63, 3.8) is 0 Å². The van der Waals surface area contributed by atoms with Crippen LogP contribution in [0.2, 0.25) is 0 Å². The second-order valence-electron chi connectivity index (χ2n) is 13.4. The number of aliphatic carboxylic acids is 1. The molecule has 2 bridgehead atoms. The minimum Gasteiger partial charge on any atom is -0.616 e. The zero-order chi connectivity index (χ0) is 37.0. The Morgan fingerprint density at radius 3 is 2.73 bits per heavy atom. The van der Waals surface area contributed by atoms with Crippen LogP contribution in [0.4, 0.5) is 8.78 Å². The molecule has 3 aromatic carbocycles. The molecule has 3 heterocycles. The number of carboxylic acids is 1. The van der Waals surface area contributed by atoms with Gasteiger partial charge in [-0.3, -0.25) is 9.48 Å². The zero-order valence-corrected chi connectivity index (χ0v) is 30.6. The second kappa shape index (κ2) is 15.7. The van der Waals surface area contributed by atoms with E-state index in [1.54, 1.807) is 36.1 Å².